The molecule has 5 nitrogen and oxygen atoms in total. The van der Waals surface area contributed by atoms with E-state index in [9.17, 15) is 4.79 Å². The highest BCUT2D eigenvalue weighted by atomic mass is 32.2. The predicted molar refractivity (Wildman–Crippen MR) is 111 cm³/mol. The fraction of sp³-hybridized carbons (Fsp3) is 0.526. The maximum absolute atomic E-state index is 12.5. The van der Waals surface area contributed by atoms with Crippen molar-refractivity contribution >= 4 is 33.3 Å². The third-order valence-electron chi connectivity index (χ3n) is 4.70. The molecule has 3 heterocycles. The van der Waals surface area contributed by atoms with E-state index in [1.165, 1.54) is 5.69 Å². The Labute approximate surface area is 162 Å². The molecule has 0 spiro atoms. The predicted octanol–water partition coefficient (Wildman–Crippen LogP) is 4.92. The summed E-state index contributed by atoms with van der Waals surface area (Å²) in [6, 6.07) is 0. The number of rotatable bonds is 5. The molecule has 1 atom stereocenters. The van der Waals surface area contributed by atoms with Crippen molar-refractivity contribution in [3.05, 3.63) is 38.0 Å². The molecule has 0 aliphatic heterocycles. The van der Waals surface area contributed by atoms with Gasteiger partial charge in [0.2, 0.25) is 0 Å². The Morgan fingerprint density at radius 2 is 1.85 bits per heavy atom. The molecule has 1 unspecified atom stereocenters. The largest absolute Gasteiger partial charge is 0.323 e. The van der Waals surface area contributed by atoms with E-state index in [-0.39, 0.29) is 10.8 Å². The van der Waals surface area contributed by atoms with Gasteiger partial charge in [-0.2, -0.15) is 0 Å². The van der Waals surface area contributed by atoms with E-state index in [2.05, 4.69) is 37.2 Å². The van der Waals surface area contributed by atoms with E-state index < -0.39 is 0 Å². The highest BCUT2D eigenvalue weighted by Gasteiger charge is 2.20. The lowest BCUT2D eigenvalue weighted by molar-refractivity contribution is 0.486. The number of H-pyrrole nitrogens is 1. The molecule has 3 rings (SSSR count). The van der Waals surface area contributed by atoms with Gasteiger partial charge in [-0.1, -0.05) is 25.6 Å². The second-order valence-corrected chi connectivity index (χ2v) is 9.76. The summed E-state index contributed by atoms with van der Waals surface area (Å²) < 4.78 is 2.28. The number of hydrogen-bond acceptors (Lipinski definition) is 5. The highest BCUT2D eigenvalue weighted by Crippen LogP contribution is 2.35. The van der Waals surface area contributed by atoms with Gasteiger partial charge in [0.25, 0.3) is 5.56 Å². The number of nitrogens with zero attached hydrogens (tertiary/aromatic N) is 3. The molecule has 140 valence electrons. The Balaban J connectivity index is 1.96. The molecule has 0 aromatic carbocycles. The average molecular weight is 391 g/mol. The molecule has 26 heavy (non-hydrogen) atoms. The van der Waals surface area contributed by atoms with Crippen molar-refractivity contribution in [3.8, 4) is 0 Å². The van der Waals surface area contributed by atoms with Crippen molar-refractivity contribution in [2.45, 2.75) is 65.4 Å². The van der Waals surface area contributed by atoms with E-state index in [1.807, 2.05) is 20.8 Å². The first kappa shape index (κ1) is 19.2. The molecule has 7 heteroatoms. The van der Waals surface area contributed by atoms with E-state index >= 15 is 0 Å². The van der Waals surface area contributed by atoms with Gasteiger partial charge in [0.15, 0.2) is 5.16 Å². The van der Waals surface area contributed by atoms with Crippen LogP contribution >= 0.6 is 23.1 Å². The minimum atomic E-state index is -0.0443. The van der Waals surface area contributed by atoms with Crippen LogP contribution < -0.4 is 5.56 Å². The van der Waals surface area contributed by atoms with Crippen LogP contribution in [-0.2, 0) is 6.54 Å². The van der Waals surface area contributed by atoms with Crippen molar-refractivity contribution in [2.24, 2.45) is 5.92 Å². The van der Waals surface area contributed by atoms with Crippen molar-refractivity contribution in [1.82, 2.24) is 19.5 Å². The summed E-state index contributed by atoms with van der Waals surface area (Å²) in [5, 5.41) is 1.73. The number of aromatic nitrogens is 4. The highest BCUT2D eigenvalue weighted by molar-refractivity contribution is 7.99. The van der Waals surface area contributed by atoms with Crippen LogP contribution in [0.1, 0.15) is 53.7 Å². The molecule has 0 bridgehead atoms. The summed E-state index contributed by atoms with van der Waals surface area (Å²) in [6.45, 7) is 15.6. The Bertz CT molecular complexity index is 1010. The minimum absolute atomic E-state index is 0.0157. The zero-order valence-electron chi connectivity index (χ0n) is 16.4. The van der Waals surface area contributed by atoms with Crippen LogP contribution in [0.25, 0.3) is 10.2 Å². The van der Waals surface area contributed by atoms with E-state index in [1.54, 1.807) is 23.1 Å². The number of imidazole rings is 1. The smallest absolute Gasteiger partial charge is 0.259 e. The third kappa shape index (κ3) is 3.47. The zero-order chi connectivity index (χ0) is 19.2. The first-order valence-corrected chi connectivity index (χ1v) is 10.6. The molecule has 0 aliphatic rings. The van der Waals surface area contributed by atoms with Gasteiger partial charge in [-0.15, -0.1) is 11.3 Å². The number of fused-ring (bicyclic) bond motifs is 1. The summed E-state index contributed by atoms with van der Waals surface area (Å²) in [6.07, 6.45) is 0. The van der Waals surface area contributed by atoms with Crippen LogP contribution in [0, 0.1) is 33.6 Å². The molecule has 3 aromatic rings. The number of thioether (sulfide) groups is 1. The van der Waals surface area contributed by atoms with Crippen molar-refractivity contribution in [3.63, 3.8) is 0 Å². The van der Waals surface area contributed by atoms with Gasteiger partial charge in [0, 0.05) is 17.1 Å². The van der Waals surface area contributed by atoms with Gasteiger partial charge in [-0.05, 0) is 46.1 Å². The van der Waals surface area contributed by atoms with Crippen LogP contribution in [-0.4, -0.2) is 19.5 Å². The topological polar surface area (TPSA) is 63.6 Å². The number of thiophene rings is 1. The van der Waals surface area contributed by atoms with E-state index in [4.69, 9.17) is 9.97 Å². The lowest BCUT2D eigenvalue weighted by Crippen LogP contribution is -2.13. The lowest BCUT2D eigenvalue weighted by atomic mass is 10.2. The van der Waals surface area contributed by atoms with Gasteiger partial charge in [0.1, 0.15) is 10.7 Å². The van der Waals surface area contributed by atoms with Crippen LogP contribution in [0.4, 0.5) is 0 Å². The Hall–Kier alpha value is -1.60. The Morgan fingerprint density at radius 1 is 1.15 bits per heavy atom. The average Bonchev–Trinajstić information content (AvgIpc) is 2.98. The van der Waals surface area contributed by atoms with Gasteiger partial charge < -0.3 is 9.55 Å². The molecule has 0 radical (unpaired) electrons. The zero-order valence-corrected chi connectivity index (χ0v) is 18.1. The van der Waals surface area contributed by atoms with Crippen LogP contribution in [0.5, 0.6) is 0 Å². The lowest BCUT2D eigenvalue weighted by Gasteiger charge is -2.15. The first-order valence-electron chi connectivity index (χ1n) is 8.89. The maximum Gasteiger partial charge on any atom is 0.259 e. The SMILES string of the molecule is Cc1nc(SC(C)c2nc3sc(C)c(C)c3c(=O)[nH]2)n(CC(C)C)c1C. The molecule has 0 aliphatic carbocycles. The van der Waals surface area contributed by atoms with Crippen LogP contribution in [0.3, 0.4) is 0 Å². The summed E-state index contributed by atoms with van der Waals surface area (Å²) >= 11 is 3.24. The molecule has 0 saturated carbocycles. The van der Waals surface area contributed by atoms with Crippen molar-refractivity contribution in [1.29, 1.82) is 0 Å². The fourth-order valence-corrected chi connectivity index (χ4v) is 5.08. The van der Waals surface area contributed by atoms with Crippen LogP contribution in [0.15, 0.2) is 9.95 Å². The third-order valence-corrected chi connectivity index (χ3v) is 6.90. The molecule has 1 N–H and O–H groups in total. The van der Waals surface area contributed by atoms with Gasteiger partial charge in [0.05, 0.1) is 16.3 Å². The number of nitrogens with one attached hydrogen (secondary N) is 1. The van der Waals surface area contributed by atoms with Crippen LogP contribution in [0.2, 0.25) is 0 Å². The molecule has 0 saturated heterocycles. The number of aromatic amines is 1. The van der Waals surface area contributed by atoms with Gasteiger partial charge >= 0.3 is 0 Å². The maximum atomic E-state index is 12.5. The summed E-state index contributed by atoms with van der Waals surface area (Å²) in [7, 11) is 0. The molecule has 0 amide bonds. The van der Waals surface area contributed by atoms with E-state index in [0.29, 0.717) is 11.7 Å². The fourth-order valence-electron chi connectivity index (χ4n) is 2.97. The minimum Gasteiger partial charge on any atom is -0.323 e. The number of aryl methyl sites for hydroxylation is 3. The van der Waals surface area contributed by atoms with Crippen molar-refractivity contribution in [2.75, 3.05) is 0 Å². The summed E-state index contributed by atoms with van der Waals surface area (Å²) in [4.78, 5) is 27.0. The summed E-state index contributed by atoms with van der Waals surface area (Å²) in [5.41, 5.74) is 3.25. The monoisotopic (exact) mass is 390 g/mol. The molecule has 3 aromatic heterocycles. The standard InChI is InChI=1S/C19H26N4OS2/c1-9(2)8-23-12(5)11(4)20-19(23)26-14(7)16-21-17(24)15-10(3)13(6)25-18(15)22-16/h9,14H,8H2,1-7H3,(H,21,22,24). The second-order valence-electron chi connectivity index (χ2n) is 7.24. The van der Waals surface area contributed by atoms with E-state index in [0.717, 1.165) is 38.1 Å². The molecule has 0 fully saturated rings. The number of hydrogen-bond donors (Lipinski definition) is 1. The van der Waals surface area contributed by atoms with Gasteiger partial charge in [-0.25, -0.2) is 9.97 Å². The quantitative estimate of drug-likeness (QED) is 0.628. The molecular formula is C19H26N4OS2. The Morgan fingerprint density at radius 3 is 2.50 bits per heavy atom. The molecular weight excluding hydrogens is 364 g/mol. The Kier molecular flexibility index (Phi) is 5.30. The summed E-state index contributed by atoms with van der Waals surface area (Å²) in [5.74, 6) is 1.26. The van der Waals surface area contributed by atoms with Gasteiger partial charge in [-0.3, -0.25) is 4.79 Å². The normalized spacial score (nSPS) is 13.1. The second kappa shape index (κ2) is 7.19. The van der Waals surface area contributed by atoms with Crippen molar-refractivity contribution < 1.29 is 0 Å². The first-order chi connectivity index (χ1) is 12.2.